The number of halogens is 1. The Morgan fingerprint density at radius 2 is 2.43 bits per heavy atom. The highest BCUT2D eigenvalue weighted by atomic mass is 31.0. The van der Waals surface area contributed by atoms with E-state index in [-0.39, 0.29) is 24.6 Å². The maximum atomic E-state index is 14.7. The van der Waals surface area contributed by atoms with Gasteiger partial charge in [0.25, 0.3) is 0 Å². The molecule has 21 heavy (non-hydrogen) atoms. The first-order chi connectivity index (χ1) is 9.97. The van der Waals surface area contributed by atoms with Crippen LogP contribution in [-0.4, -0.2) is 61.5 Å². The number of ether oxygens (including phenoxy) is 2. The molecule has 122 valence electrons. The summed E-state index contributed by atoms with van der Waals surface area (Å²) in [5, 5.41) is 1.27. The highest BCUT2D eigenvalue weighted by molar-refractivity contribution is 7.18. The Labute approximate surface area is 127 Å². The Balaban J connectivity index is 1.94. The number of carbonyl (C=O) groups is 1. The number of amides is 2. The van der Waals surface area contributed by atoms with E-state index in [4.69, 9.17) is 15.2 Å². The molecule has 2 rings (SSSR count). The first kappa shape index (κ1) is 16.9. The Morgan fingerprint density at radius 3 is 3.05 bits per heavy atom. The number of methoxy groups -OCH3 is 1. The highest BCUT2D eigenvalue weighted by Crippen LogP contribution is 2.42. The number of hydrogen-bond acceptors (Lipinski definition) is 4. The SMILES string of the molecule is COC[C@@H]1CC(F)(P)[C@H](N2CCC(CCCN)NC2=O)O1. The quantitative estimate of drug-likeness (QED) is 0.710. The number of alkyl halides is 1. The van der Waals surface area contributed by atoms with Crippen molar-refractivity contribution in [2.24, 2.45) is 5.73 Å². The lowest BCUT2D eigenvalue weighted by Crippen LogP contribution is -2.58. The predicted octanol–water partition coefficient (Wildman–Crippen LogP) is 0.812. The van der Waals surface area contributed by atoms with Gasteiger partial charge in [-0.3, -0.25) is 4.90 Å². The largest absolute Gasteiger partial charge is 0.382 e. The van der Waals surface area contributed by atoms with Crippen LogP contribution in [0.2, 0.25) is 0 Å². The fourth-order valence-electron chi connectivity index (χ4n) is 2.94. The van der Waals surface area contributed by atoms with Gasteiger partial charge in [-0.2, -0.15) is 0 Å². The Bertz CT molecular complexity index is 373. The molecule has 0 radical (unpaired) electrons. The van der Waals surface area contributed by atoms with Gasteiger partial charge in [0.05, 0.1) is 12.7 Å². The summed E-state index contributed by atoms with van der Waals surface area (Å²) < 4.78 is 25.3. The van der Waals surface area contributed by atoms with Crippen LogP contribution in [0.5, 0.6) is 0 Å². The first-order valence-electron chi connectivity index (χ1n) is 7.37. The molecule has 2 fully saturated rings. The molecule has 0 bridgehead atoms. The smallest absolute Gasteiger partial charge is 0.319 e. The molecule has 0 aromatic heterocycles. The Kier molecular flexibility index (Phi) is 5.77. The number of carbonyl (C=O) groups excluding carboxylic acids is 1. The molecular weight excluding hydrogens is 296 g/mol. The summed E-state index contributed by atoms with van der Waals surface area (Å²) >= 11 is 0. The topological polar surface area (TPSA) is 76.8 Å². The van der Waals surface area contributed by atoms with Crippen molar-refractivity contribution in [3.05, 3.63) is 0 Å². The van der Waals surface area contributed by atoms with Gasteiger partial charge in [0.2, 0.25) is 0 Å². The zero-order valence-corrected chi connectivity index (χ0v) is 13.5. The number of rotatable bonds is 6. The lowest BCUT2D eigenvalue weighted by Gasteiger charge is -2.39. The average Bonchev–Trinajstić information content (AvgIpc) is 2.71. The fourth-order valence-corrected chi connectivity index (χ4v) is 3.46. The zero-order valence-electron chi connectivity index (χ0n) is 12.4. The molecular formula is C13H25FN3O3P. The minimum absolute atomic E-state index is 0.118. The molecule has 8 heteroatoms. The average molecular weight is 321 g/mol. The van der Waals surface area contributed by atoms with Gasteiger partial charge >= 0.3 is 6.03 Å². The van der Waals surface area contributed by atoms with Crippen LogP contribution in [-0.2, 0) is 9.47 Å². The third-order valence-electron chi connectivity index (χ3n) is 3.97. The van der Waals surface area contributed by atoms with E-state index in [9.17, 15) is 9.18 Å². The van der Waals surface area contributed by atoms with E-state index in [0.717, 1.165) is 19.3 Å². The van der Waals surface area contributed by atoms with Crippen LogP contribution in [0.3, 0.4) is 0 Å². The van der Waals surface area contributed by atoms with E-state index in [2.05, 4.69) is 14.6 Å². The number of urea groups is 1. The summed E-state index contributed by atoms with van der Waals surface area (Å²) in [4.78, 5) is 13.6. The standard InChI is InChI=1S/C13H25FN3O3P/c1-19-8-10-7-13(14,21)11(20-10)17-6-4-9(3-2-5-15)16-12(17)18/h9-11H,2-8,15,21H2,1H3,(H,16,18)/t9?,10-,11+,13?/m0/s1. The summed E-state index contributed by atoms with van der Waals surface area (Å²) in [6.45, 7) is 1.43. The zero-order chi connectivity index (χ0) is 15.5. The molecule has 0 aromatic rings. The summed E-state index contributed by atoms with van der Waals surface area (Å²) in [6.07, 6.45) is 1.51. The molecule has 0 aromatic carbocycles. The van der Waals surface area contributed by atoms with E-state index >= 15 is 0 Å². The second kappa shape index (κ2) is 7.18. The van der Waals surface area contributed by atoms with Gasteiger partial charge in [-0.25, -0.2) is 9.18 Å². The van der Waals surface area contributed by atoms with Crippen LogP contribution >= 0.6 is 9.24 Å². The maximum Gasteiger partial charge on any atom is 0.319 e. The van der Waals surface area contributed by atoms with Crippen LogP contribution < -0.4 is 11.1 Å². The molecule has 2 amide bonds. The molecule has 0 aliphatic carbocycles. The van der Waals surface area contributed by atoms with Gasteiger partial charge in [-0.15, -0.1) is 0 Å². The van der Waals surface area contributed by atoms with Crippen LogP contribution in [0.25, 0.3) is 0 Å². The molecule has 2 aliphatic heterocycles. The first-order valence-corrected chi connectivity index (χ1v) is 7.95. The van der Waals surface area contributed by atoms with Crippen molar-refractivity contribution in [1.29, 1.82) is 0 Å². The lowest BCUT2D eigenvalue weighted by molar-refractivity contribution is -0.0806. The third kappa shape index (κ3) is 4.03. The fraction of sp³-hybridized carbons (Fsp3) is 0.923. The van der Waals surface area contributed by atoms with Crippen LogP contribution in [0, 0.1) is 0 Å². The number of nitrogens with zero attached hydrogens (tertiary/aromatic N) is 1. The van der Waals surface area contributed by atoms with Crippen LogP contribution in [0.15, 0.2) is 0 Å². The molecule has 6 nitrogen and oxygen atoms in total. The molecule has 3 unspecified atom stereocenters. The van der Waals surface area contributed by atoms with Crippen molar-refractivity contribution < 1.29 is 18.7 Å². The van der Waals surface area contributed by atoms with Crippen molar-refractivity contribution >= 4 is 15.3 Å². The molecule has 0 spiro atoms. The van der Waals surface area contributed by atoms with Crippen molar-refractivity contribution in [2.75, 3.05) is 26.8 Å². The molecule has 2 heterocycles. The van der Waals surface area contributed by atoms with Crippen molar-refractivity contribution in [2.45, 2.75) is 49.5 Å². The van der Waals surface area contributed by atoms with Gasteiger partial charge < -0.3 is 20.5 Å². The minimum atomic E-state index is -1.63. The number of hydrogen-bond donors (Lipinski definition) is 2. The van der Waals surface area contributed by atoms with E-state index < -0.39 is 11.6 Å². The molecule has 2 saturated heterocycles. The van der Waals surface area contributed by atoms with Gasteiger partial charge in [0.1, 0.15) is 0 Å². The number of nitrogens with two attached hydrogens (primary N) is 1. The van der Waals surface area contributed by atoms with Crippen molar-refractivity contribution in [3.63, 3.8) is 0 Å². The van der Waals surface area contributed by atoms with E-state index in [1.54, 1.807) is 7.11 Å². The van der Waals surface area contributed by atoms with Crippen molar-refractivity contribution in [3.8, 4) is 0 Å². The van der Waals surface area contributed by atoms with Crippen molar-refractivity contribution in [1.82, 2.24) is 10.2 Å². The van der Waals surface area contributed by atoms with E-state index in [0.29, 0.717) is 19.7 Å². The summed E-state index contributed by atoms with van der Waals surface area (Å²) in [7, 11) is 3.73. The summed E-state index contributed by atoms with van der Waals surface area (Å²) in [5.41, 5.74) is 5.48. The monoisotopic (exact) mass is 321 g/mol. The van der Waals surface area contributed by atoms with Crippen LogP contribution in [0.1, 0.15) is 25.7 Å². The van der Waals surface area contributed by atoms with Gasteiger partial charge in [0.15, 0.2) is 11.6 Å². The minimum Gasteiger partial charge on any atom is -0.382 e. The summed E-state index contributed by atoms with van der Waals surface area (Å²) in [5.74, 6) is 0. The normalized spacial score (nSPS) is 36.9. The summed E-state index contributed by atoms with van der Waals surface area (Å²) in [6, 6.07) is -0.150. The molecule has 2 aliphatic rings. The van der Waals surface area contributed by atoms with Gasteiger partial charge in [0, 0.05) is 26.1 Å². The Morgan fingerprint density at radius 1 is 1.67 bits per heavy atom. The molecule has 3 N–H and O–H groups in total. The van der Waals surface area contributed by atoms with Crippen LogP contribution in [0.4, 0.5) is 9.18 Å². The van der Waals surface area contributed by atoms with Gasteiger partial charge in [-0.1, -0.05) is 9.24 Å². The second-order valence-electron chi connectivity index (χ2n) is 5.76. The maximum absolute atomic E-state index is 14.7. The van der Waals surface area contributed by atoms with Gasteiger partial charge in [-0.05, 0) is 25.8 Å². The third-order valence-corrected chi connectivity index (χ3v) is 4.49. The molecule has 0 saturated carbocycles. The van der Waals surface area contributed by atoms with E-state index in [1.165, 1.54) is 4.90 Å². The second-order valence-corrected chi connectivity index (χ2v) is 6.72. The Hall–Kier alpha value is -0.490. The highest BCUT2D eigenvalue weighted by Gasteiger charge is 2.51. The lowest BCUT2D eigenvalue weighted by atomic mass is 10.1. The predicted molar refractivity (Wildman–Crippen MR) is 80.6 cm³/mol. The molecule has 5 atom stereocenters. The van der Waals surface area contributed by atoms with E-state index in [1.807, 2.05) is 0 Å². The number of nitrogens with one attached hydrogen (secondary N) is 1.